The molecular formula is C10H15ClFN3OS. The molecule has 0 aromatic carbocycles. The lowest BCUT2D eigenvalue weighted by atomic mass is 10.0. The second-order valence-electron chi connectivity index (χ2n) is 3.91. The van der Waals surface area contributed by atoms with Crippen LogP contribution in [0, 0.1) is 11.7 Å². The summed E-state index contributed by atoms with van der Waals surface area (Å²) in [6.07, 6.45) is 4.31. The lowest BCUT2D eigenvalue weighted by Gasteiger charge is -2.21. The summed E-state index contributed by atoms with van der Waals surface area (Å²) < 4.78 is 24.4. The fourth-order valence-electron chi connectivity index (χ4n) is 1.77. The van der Waals surface area contributed by atoms with Crippen molar-refractivity contribution in [2.45, 2.75) is 18.0 Å². The average molecular weight is 280 g/mol. The molecule has 17 heavy (non-hydrogen) atoms. The van der Waals surface area contributed by atoms with Crippen molar-refractivity contribution in [2.75, 3.05) is 18.8 Å². The van der Waals surface area contributed by atoms with Gasteiger partial charge in [-0.3, -0.25) is 4.21 Å². The van der Waals surface area contributed by atoms with Gasteiger partial charge >= 0.3 is 0 Å². The molecule has 1 aromatic heterocycles. The Morgan fingerprint density at radius 3 is 2.76 bits per heavy atom. The van der Waals surface area contributed by atoms with Crippen molar-refractivity contribution in [2.24, 2.45) is 5.92 Å². The molecule has 1 aliphatic heterocycles. The molecule has 2 heterocycles. The van der Waals surface area contributed by atoms with Crippen LogP contribution in [0.2, 0.25) is 0 Å². The van der Waals surface area contributed by atoms with Crippen molar-refractivity contribution >= 4 is 23.2 Å². The van der Waals surface area contributed by atoms with Gasteiger partial charge in [0.05, 0.1) is 23.2 Å². The first-order valence-electron chi connectivity index (χ1n) is 5.32. The molecule has 1 saturated heterocycles. The number of nitrogens with zero attached hydrogens (tertiary/aromatic N) is 2. The molecule has 4 nitrogen and oxygen atoms in total. The minimum absolute atomic E-state index is 0. The normalized spacial score (nSPS) is 21.6. The number of piperidine rings is 1. The Hall–Kier alpha value is -0.590. The van der Waals surface area contributed by atoms with Crippen molar-refractivity contribution in [1.29, 1.82) is 0 Å². The highest BCUT2D eigenvalue weighted by molar-refractivity contribution is 7.84. The van der Waals surface area contributed by atoms with E-state index in [9.17, 15) is 8.60 Å². The molecule has 2 atom stereocenters. The SMILES string of the molecule is Cl.O=S(CC1CCCNC1)c1ncc(F)cn1. The number of hydrogen-bond acceptors (Lipinski definition) is 4. The van der Waals surface area contributed by atoms with Gasteiger partial charge in [0.2, 0.25) is 5.16 Å². The van der Waals surface area contributed by atoms with Gasteiger partial charge in [-0.1, -0.05) is 0 Å². The molecule has 0 aliphatic carbocycles. The summed E-state index contributed by atoms with van der Waals surface area (Å²) in [4.78, 5) is 7.47. The molecule has 1 aromatic rings. The molecule has 7 heteroatoms. The lowest BCUT2D eigenvalue weighted by molar-refractivity contribution is 0.407. The van der Waals surface area contributed by atoms with Crippen LogP contribution in [0.5, 0.6) is 0 Å². The molecule has 0 amide bonds. The van der Waals surface area contributed by atoms with Crippen LogP contribution < -0.4 is 5.32 Å². The predicted octanol–water partition coefficient (Wildman–Crippen LogP) is 1.14. The standard InChI is InChI=1S/C10H14FN3OS.ClH/c11-9-5-13-10(14-6-9)16(15)7-8-2-1-3-12-4-8;/h5-6,8,12H,1-4,7H2;1H. The largest absolute Gasteiger partial charge is 0.316 e. The fraction of sp³-hybridized carbons (Fsp3) is 0.600. The Morgan fingerprint density at radius 2 is 2.18 bits per heavy atom. The van der Waals surface area contributed by atoms with Crippen LogP contribution in [-0.2, 0) is 10.8 Å². The molecule has 0 radical (unpaired) electrons. The number of halogens is 2. The Balaban J connectivity index is 0.00000144. The fourth-order valence-corrected chi connectivity index (χ4v) is 2.98. The summed E-state index contributed by atoms with van der Waals surface area (Å²) >= 11 is 0. The van der Waals surface area contributed by atoms with E-state index in [-0.39, 0.29) is 17.6 Å². The van der Waals surface area contributed by atoms with Crippen molar-refractivity contribution in [3.05, 3.63) is 18.2 Å². The molecule has 1 N–H and O–H groups in total. The Kier molecular flexibility index (Phi) is 5.94. The molecule has 2 rings (SSSR count). The number of aromatic nitrogens is 2. The first kappa shape index (κ1) is 14.5. The van der Waals surface area contributed by atoms with Crippen LogP contribution in [-0.4, -0.2) is 33.0 Å². The number of rotatable bonds is 3. The van der Waals surface area contributed by atoms with Crippen LogP contribution in [0.4, 0.5) is 4.39 Å². The smallest absolute Gasteiger partial charge is 0.218 e. The zero-order valence-electron chi connectivity index (χ0n) is 9.26. The van der Waals surface area contributed by atoms with Gasteiger partial charge in [0.1, 0.15) is 0 Å². The molecule has 1 fully saturated rings. The molecule has 96 valence electrons. The highest BCUT2D eigenvalue weighted by atomic mass is 35.5. The quantitative estimate of drug-likeness (QED) is 0.843. The maximum absolute atomic E-state index is 12.6. The highest BCUT2D eigenvalue weighted by Crippen LogP contribution is 2.13. The molecular weight excluding hydrogens is 265 g/mol. The van der Waals surface area contributed by atoms with E-state index in [2.05, 4.69) is 15.3 Å². The summed E-state index contributed by atoms with van der Waals surface area (Å²) in [5.41, 5.74) is 0. The molecule has 1 aliphatic rings. The highest BCUT2D eigenvalue weighted by Gasteiger charge is 2.18. The Morgan fingerprint density at radius 1 is 1.47 bits per heavy atom. The Labute approximate surface area is 108 Å². The van der Waals surface area contributed by atoms with E-state index >= 15 is 0 Å². The van der Waals surface area contributed by atoms with Crippen LogP contribution in [0.1, 0.15) is 12.8 Å². The first-order chi connectivity index (χ1) is 7.75. The summed E-state index contributed by atoms with van der Waals surface area (Å²) in [7, 11) is -1.22. The van der Waals surface area contributed by atoms with E-state index in [4.69, 9.17) is 0 Å². The van der Waals surface area contributed by atoms with Gasteiger partial charge in [0, 0.05) is 5.75 Å². The van der Waals surface area contributed by atoms with Crippen LogP contribution in [0.25, 0.3) is 0 Å². The maximum Gasteiger partial charge on any atom is 0.218 e. The summed E-state index contributed by atoms with van der Waals surface area (Å²) in [5.74, 6) is 0.460. The van der Waals surface area contributed by atoms with Gasteiger partial charge in [-0.05, 0) is 31.8 Å². The third kappa shape index (κ3) is 4.29. The van der Waals surface area contributed by atoms with E-state index in [1.54, 1.807) is 0 Å². The number of nitrogens with one attached hydrogen (secondary N) is 1. The second kappa shape index (κ2) is 6.98. The number of hydrogen-bond donors (Lipinski definition) is 1. The van der Waals surface area contributed by atoms with Crippen LogP contribution in [0.3, 0.4) is 0 Å². The predicted molar refractivity (Wildman–Crippen MR) is 66.1 cm³/mol. The van der Waals surface area contributed by atoms with Crippen LogP contribution >= 0.6 is 12.4 Å². The van der Waals surface area contributed by atoms with Gasteiger partial charge in [0.15, 0.2) is 5.82 Å². The van der Waals surface area contributed by atoms with E-state index in [1.807, 2.05) is 0 Å². The van der Waals surface area contributed by atoms with Gasteiger partial charge in [-0.25, -0.2) is 14.4 Å². The topological polar surface area (TPSA) is 54.9 Å². The average Bonchev–Trinajstić information content (AvgIpc) is 2.31. The summed E-state index contributed by atoms with van der Waals surface area (Å²) in [5, 5.41) is 3.49. The van der Waals surface area contributed by atoms with Gasteiger partial charge in [0.25, 0.3) is 0 Å². The Bertz CT molecular complexity index is 370. The van der Waals surface area contributed by atoms with E-state index in [0.29, 0.717) is 11.7 Å². The molecule has 0 spiro atoms. The van der Waals surface area contributed by atoms with E-state index in [0.717, 1.165) is 38.3 Å². The van der Waals surface area contributed by atoms with Crippen LogP contribution in [0.15, 0.2) is 17.6 Å². The van der Waals surface area contributed by atoms with Gasteiger partial charge in [-0.15, -0.1) is 12.4 Å². The summed E-state index contributed by atoms with van der Waals surface area (Å²) in [6, 6.07) is 0. The molecule has 0 saturated carbocycles. The maximum atomic E-state index is 12.6. The van der Waals surface area contributed by atoms with Crippen molar-refractivity contribution in [1.82, 2.24) is 15.3 Å². The minimum atomic E-state index is -1.22. The molecule has 0 bridgehead atoms. The van der Waals surface area contributed by atoms with Gasteiger partial charge in [-0.2, -0.15) is 0 Å². The molecule has 2 unspecified atom stereocenters. The van der Waals surface area contributed by atoms with E-state index in [1.165, 1.54) is 0 Å². The van der Waals surface area contributed by atoms with Gasteiger partial charge < -0.3 is 5.32 Å². The lowest BCUT2D eigenvalue weighted by Crippen LogP contribution is -2.32. The van der Waals surface area contributed by atoms with Crippen molar-refractivity contribution in [3.63, 3.8) is 0 Å². The third-order valence-corrected chi connectivity index (χ3v) is 3.98. The van der Waals surface area contributed by atoms with Crippen molar-refractivity contribution < 1.29 is 8.60 Å². The van der Waals surface area contributed by atoms with Crippen molar-refractivity contribution in [3.8, 4) is 0 Å². The third-order valence-electron chi connectivity index (χ3n) is 2.59. The second-order valence-corrected chi connectivity index (χ2v) is 5.30. The monoisotopic (exact) mass is 279 g/mol. The first-order valence-corrected chi connectivity index (χ1v) is 6.64. The minimum Gasteiger partial charge on any atom is -0.316 e. The zero-order chi connectivity index (χ0) is 11.4. The summed E-state index contributed by atoms with van der Waals surface area (Å²) in [6.45, 7) is 1.93. The zero-order valence-corrected chi connectivity index (χ0v) is 10.9. The van der Waals surface area contributed by atoms with E-state index < -0.39 is 16.6 Å².